The first kappa shape index (κ1) is 14.8. The number of nitrogens with one attached hydrogen (secondary N) is 1. The summed E-state index contributed by atoms with van der Waals surface area (Å²) in [4.78, 5) is 14.3. The number of likely N-dealkylation sites (tertiary alicyclic amines) is 1. The molecule has 0 aromatic heterocycles. The van der Waals surface area contributed by atoms with Gasteiger partial charge in [0.1, 0.15) is 11.9 Å². The Morgan fingerprint density at radius 2 is 1.85 bits per heavy atom. The third kappa shape index (κ3) is 3.95. The van der Waals surface area contributed by atoms with Crippen molar-refractivity contribution < 1.29 is 9.18 Å². The SMILES string of the molecule is Cc1cc(F)cc(NC(C)C(=O)N2CCCCCC2)c1. The highest BCUT2D eigenvalue weighted by atomic mass is 19.1. The van der Waals surface area contributed by atoms with E-state index in [-0.39, 0.29) is 17.8 Å². The maximum atomic E-state index is 13.4. The van der Waals surface area contributed by atoms with Gasteiger partial charge in [-0.1, -0.05) is 12.8 Å². The third-order valence-electron chi connectivity index (χ3n) is 3.71. The number of anilines is 1. The lowest BCUT2D eigenvalue weighted by atomic mass is 10.2. The van der Waals surface area contributed by atoms with Gasteiger partial charge in [-0.2, -0.15) is 0 Å². The minimum absolute atomic E-state index is 0.105. The molecule has 0 radical (unpaired) electrons. The van der Waals surface area contributed by atoms with E-state index in [4.69, 9.17) is 0 Å². The summed E-state index contributed by atoms with van der Waals surface area (Å²) in [5.41, 5.74) is 1.51. The first-order valence-corrected chi connectivity index (χ1v) is 7.39. The third-order valence-corrected chi connectivity index (χ3v) is 3.71. The predicted octanol–water partition coefficient (Wildman–Crippen LogP) is 3.34. The Morgan fingerprint density at radius 3 is 2.45 bits per heavy atom. The van der Waals surface area contributed by atoms with Gasteiger partial charge in [-0.05, 0) is 50.5 Å². The molecule has 1 fully saturated rings. The van der Waals surface area contributed by atoms with Crippen LogP contribution in [-0.4, -0.2) is 29.9 Å². The summed E-state index contributed by atoms with van der Waals surface area (Å²) in [5, 5.41) is 3.11. The van der Waals surface area contributed by atoms with Gasteiger partial charge < -0.3 is 10.2 Å². The summed E-state index contributed by atoms with van der Waals surface area (Å²) in [6.45, 7) is 5.36. The smallest absolute Gasteiger partial charge is 0.244 e. The van der Waals surface area contributed by atoms with E-state index < -0.39 is 0 Å². The van der Waals surface area contributed by atoms with E-state index in [1.165, 1.54) is 25.0 Å². The monoisotopic (exact) mass is 278 g/mol. The van der Waals surface area contributed by atoms with Gasteiger partial charge in [0.05, 0.1) is 0 Å². The van der Waals surface area contributed by atoms with Crippen LogP contribution in [0.15, 0.2) is 18.2 Å². The minimum Gasteiger partial charge on any atom is -0.374 e. The molecule has 4 heteroatoms. The van der Waals surface area contributed by atoms with Gasteiger partial charge in [0.25, 0.3) is 0 Å². The largest absolute Gasteiger partial charge is 0.374 e. The average molecular weight is 278 g/mol. The Hall–Kier alpha value is -1.58. The van der Waals surface area contributed by atoms with Crippen molar-refractivity contribution in [3.8, 4) is 0 Å². The summed E-state index contributed by atoms with van der Waals surface area (Å²) < 4.78 is 13.4. The van der Waals surface area contributed by atoms with Gasteiger partial charge in [0.2, 0.25) is 5.91 Å². The Kier molecular flexibility index (Phi) is 4.99. The van der Waals surface area contributed by atoms with Crippen molar-refractivity contribution in [1.82, 2.24) is 4.90 Å². The maximum Gasteiger partial charge on any atom is 0.244 e. The Balaban J connectivity index is 1.99. The number of carbonyl (C=O) groups is 1. The number of rotatable bonds is 3. The van der Waals surface area contributed by atoms with Crippen molar-refractivity contribution in [3.05, 3.63) is 29.6 Å². The van der Waals surface area contributed by atoms with E-state index in [1.54, 1.807) is 0 Å². The van der Waals surface area contributed by atoms with Crippen LogP contribution in [0.5, 0.6) is 0 Å². The summed E-state index contributed by atoms with van der Waals surface area (Å²) in [6, 6.07) is 4.44. The predicted molar refractivity (Wildman–Crippen MR) is 79.3 cm³/mol. The normalized spacial score (nSPS) is 17.4. The van der Waals surface area contributed by atoms with Crippen LogP contribution in [0.2, 0.25) is 0 Å². The summed E-state index contributed by atoms with van der Waals surface area (Å²) >= 11 is 0. The molecule has 1 amide bonds. The van der Waals surface area contributed by atoms with Crippen molar-refractivity contribution in [1.29, 1.82) is 0 Å². The summed E-state index contributed by atoms with van der Waals surface area (Å²) in [5.74, 6) is -0.171. The number of hydrogen-bond acceptors (Lipinski definition) is 2. The Labute approximate surface area is 120 Å². The van der Waals surface area contributed by atoms with Crippen LogP contribution < -0.4 is 5.32 Å². The number of aryl methyl sites for hydroxylation is 1. The molecule has 0 saturated carbocycles. The van der Waals surface area contributed by atoms with Gasteiger partial charge >= 0.3 is 0 Å². The molecule has 0 spiro atoms. The molecule has 0 bridgehead atoms. The lowest BCUT2D eigenvalue weighted by Gasteiger charge is -2.25. The van der Waals surface area contributed by atoms with Gasteiger partial charge in [0, 0.05) is 18.8 Å². The fraction of sp³-hybridized carbons (Fsp3) is 0.562. The van der Waals surface area contributed by atoms with Crippen LogP contribution in [0, 0.1) is 12.7 Å². The van der Waals surface area contributed by atoms with Crippen molar-refractivity contribution in [2.75, 3.05) is 18.4 Å². The number of carbonyl (C=O) groups excluding carboxylic acids is 1. The second-order valence-corrected chi connectivity index (χ2v) is 5.62. The van der Waals surface area contributed by atoms with Gasteiger partial charge in [0.15, 0.2) is 0 Å². The highest BCUT2D eigenvalue weighted by Gasteiger charge is 2.21. The zero-order valence-corrected chi connectivity index (χ0v) is 12.3. The van der Waals surface area contributed by atoms with E-state index in [0.717, 1.165) is 31.5 Å². The number of hydrogen-bond donors (Lipinski definition) is 1. The molecular formula is C16H23FN2O. The maximum absolute atomic E-state index is 13.4. The number of benzene rings is 1. The molecule has 1 aromatic rings. The standard InChI is InChI=1S/C16H23FN2O/c1-12-9-14(17)11-15(10-12)18-13(2)16(20)19-7-5-3-4-6-8-19/h9-11,13,18H,3-8H2,1-2H3. The fourth-order valence-electron chi connectivity index (χ4n) is 2.70. The average Bonchev–Trinajstić information content (AvgIpc) is 2.65. The van der Waals surface area contributed by atoms with E-state index >= 15 is 0 Å². The molecule has 3 nitrogen and oxygen atoms in total. The molecule has 1 aliphatic heterocycles. The molecule has 20 heavy (non-hydrogen) atoms. The van der Waals surface area contributed by atoms with Crippen molar-refractivity contribution >= 4 is 11.6 Å². The van der Waals surface area contributed by atoms with Crippen LogP contribution in [0.1, 0.15) is 38.2 Å². The molecule has 1 aromatic carbocycles. The van der Waals surface area contributed by atoms with Crippen LogP contribution in [0.25, 0.3) is 0 Å². The minimum atomic E-state index is -0.325. The van der Waals surface area contributed by atoms with E-state index in [2.05, 4.69) is 5.32 Å². The van der Waals surface area contributed by atoms with Crippen LogP contribution in [-0.2, 0) is 4.79 Å². The second kappa shape index (κ2) is 6.73. The summed E-state index contributed by atoms with van der Waals surface area (Å²) in [6.07, 6.45) is 4.57. The zero-order valence-electron chi connectivity index (χ0n) is 12.3. The molecule has 110 valence electrons. The first-order valence-electron chi connectivity index (χ1n) is 7.39. The molecule has 1 atom stereocenters. The first-order chi connectivity index (χ1) is 9.56. The highest BCUT2D eigenvalue weighted by Crippen LogP contribution is 2.16. The lowest BCUT2D eigenvalue weighted by molar-refractivity contribution is -0.131. The Morgan fingerprint density at radius 1 is 1.20 bits per heavy atom. The van der Waals surface area contributed by atoms with Gasteiger partial charge in [-0.25, -0.2) is 4.39 Å². The quantitative estimate of drug-likeness (QED) is 0.919. The van der Waals surface area contributed by atoms with Gasteiger partial charge in [-0.15, -0.1) is 0 Å². The van der Waals surface area contributed by atoms with E-state index in [9.17, 15) is 9.18 Å². The number of halogens is 1. The van der Waals surface area contributed by atoms with Crippen molar-refractivity contribution in [3.63, 3.8) is 0 Å². The molecule has 1 unspecified atom stereocenters. The molecule has 1 heterocycles. The molecule has 0 aliphatic carbocycles. The lowest BCUT2D eigenvalue weighted by Crippen LogP contribution is -2.41. The topological polar surface area (TPSA) is 32.3 Å². The van der Waals surface area contributed by atoms with Crippen molar-refractivity contribution in [2.24, 2.45) is 0 Å². The van der Waals surface area contributed by atoms with E-state index in [0.29, 0.717) is 5.69 Å². The van der Waals surface area contributed by atoms with Crippen LogP contribution in [0.4, 0.5) is 10.1 Å². The fourth-order valence-corrected chi connectivity index (χ4v) is 2.70. The second-order valence-electron chi connectivity index (χ2n) is 5.62. The Bertz CT molecular complexity index is 447. The molecule has 1 aliphatic rings. The van der Waals surface area contributed by atoms with Gasteiger partial charge in [-0.3, -0.25) is 4.79 Å². The number of nitrogens with zero attached hydrogens (tertiary/aromatic N) is 1. The molecule has 2 rings (SSSR count). The molecular weight excluding hydrogens is 255 g/mol. The number of amides is 1. The van der Waals surface area contributed by atoms with Crippen LogP contribution in [0.3, 0.4) is 0 Å². The summed E-state index contributed by atoms with van der Waals surface area (Å²) in [7, 11) is 0. The van der Waals surface area contributed by atoms with Crippen LogP contribution >= 0.6 is 0 Å². The highest BCUT2D eigenvalue weighted by molar-refractivity contribution is 5.84. The van der Waals surface area contributed by atoms with Crippen molar-refractivity contribution in [2.45, 2.75) is 45.6 Å². The molecule has 1 N–H and O–H groups in total. The molecule has 1 saturated heterocycles. The van der Waals surface area contributed by atoms with E-state index in [1.807, 2.05) is 24.8 Å². The zero-order chi connectivity index (χ0) is 14.5.